The monoisotopic (exact) mass is 286 g/mol. The third-order valence-corrected chi connectivity index (χ3v) is 4.81. The molecule has 0 aromatic heterocycles. The van der Waals surface area contributed by atoms with E-state index in [9.17, 15) is 4.79 Å². The molecule has 0 aliphatic carbocycles. The number of piperidine rings is 1. The van der Waals surface area contributed by atoms with E-state index in [2.05, 4.69) is 21.9 Å². The Kier molecular flexibility index (Phi) is 4.91. The van der Waals surface area contributed by atoms with Gasteiger partial charge < -0.3 is 9.80 Å². The summed E-state index contributed by atoms with van der Waals surface area (Å²) in [4.78, 5) is 17.4. The summed E-state index contributed by atoms with van der Waals surface area (Å²) in [5.41, 5.74) is 1.13. The van der Waals surface area contributed by atoms with Gasteiger partial charge in [0.25, 0.3) is 0 Å². The Morgan fingerprint density at radius 2 is 1.71 bits per heavy atom. The first-order chi connectivity index (χ1) is 10.3. The summed E-state index contributed by atoms with van der Waals surface area (Å²) in [5.74, 6) is 0.310. The first-order valence-corrected chi connectivity index (χ1v) is 8.39. The van der Waals surface area contributed by atoms with E-state index in [0.717, 1.165) is 25.1 Å². The standard InChI is InChI=1S/C18H26N2O/c21-18(14-16-8-2-1-3-9-16)20-13-5-4-10-17(20)15-19-11-6-7-12-19/h1-3,8-9,17H,4-7,10-15H2/t17-/m0/s1. The zero-order chi connectivity index (χ0) is 14.5. The van der Waals surface area contributed by atoms with E-state index >= 15 is 0 Å². The molecule has 2 heterocycles. The lowest BCUT2D eigenvalue weighted by Crippen LogP contribution is -2.49. The van der Waals surface area contributed by atoms with Crippen molar-refractivity contribution in [3.8, 4) is 0 Å². The first kappa shape index (κ1) is 14.6. The van der Waals surface area contributed by atoms with E-state index in [1.54, 1.807) is 0 Å². The number of carbonyl (C=O) groups excluding carboxylic acids is 1. The maximum Gasteiger partial charge on any atom is 0.227 e. The fourth-order valence-corrected chi connectivity index (χ4v) is 3.65. The molecule has 3 nitrogen and oxygen atoms in total. The molecule has 3 rings (SSSR count). The van der Waals surface area contributed by atoms with Crippen molar-refractivity contribution in [3.63, 3.8) is 0 Å². The number of carbonyl (C=O) groups is 1. The molecular weight excluding hydrogens is 260 g/mol. The highest BCUT2D eigenvalue weighted by Crippen LogP contribution is 2.21. The van der Waals surface area contributed by atoms with Crippen molar-refractivity contribution in [2.45, 2.75) is 44.6 Å². The summed E-state index contributed by atoms with van der Waals surface area (Å²) in [5, 5.41) is 0. The van der Waals surface area contributed by atoms with Crippen LogP contribution in [0, 0.1) is 0 Å². The lowest BCUT2D eigenvalue weighted by molar-refractivity contribution is -0.134. The predicted octanol–water partition coefficient (Wildman–Crippen LogP) is 2.71. The van der Waals surface area contributed by atoms with Gasteiger partial charge in [-0.3, -0.25) is 4.79 Å². The fraction of sp³-hybridized carbons (Fsp3) is 0.611. The van der Waals surface area contributed by atoms with E-state index in [0.29, 0.717) is 18.4 Å². The van der Waals surface area contributed by atoms with Crippen LogP contribution in [0.15, 0.2) is 30.3 Å². The molecule has 0 spiro atoms. The zero-order valence-corrected chi connectivity index (χ0v) is 12.8. The van der Waals surface area contributed by atoms with Crippen LogP contribution >= 0.6 is 0 Å². The van der Waals surface area contributed by atoms with Gasteiger partial charge in [0.15, 0.2) is 0 Å². The van der Waals surface area contributed by atoms with Gasteiger partial charge in [-0.25, -0.2) is 0 Å². The Morgan fingerprint density at radius 1 is 1.00 bits per heavy atom. The van der Waals surface area contributed by atoms with Crippen molar-refractivity contribution in [2.24, 2.45) is 0 Å². The van der Waals surface area contributed by atoms with Crippen molar-refractivity contribution in [3.05, 3.63) is 35.9 Å². The van der Waals surface area contributed by atoms with Gasteiger partial charge in [0.1, 0.15) is 0 Å². The predicted molar refractivity (Wildman–Crippen MR) is 85.2 cm³/mol. The largest absolute Gasteiger partial charge is 0.338 e. The Labute approximate surface area is 127 Å². The van der Waals surface area contributed by atoms with Crippen LogP contribution < -0.4 is 0 Å². The summed E-state index contributed by atoms with van der Waals surface area (Å²) in [7, 11) is 0. The van der Waals surface area contributed by atoms with E-state index in [1.807, 2.05) is 18.2 Å². The molecule has 1 aromatic rings. The number of rotatable bonds is 4. The molecule has 2 aliphatic heterocycles. The third-order valence-electron chi connectivity index (χ3n) is 4.81. The highest BCUT2D eigenvalue weighted by molar-refractivity contribution is 5.79. The van der Waals surface area contributed by atoms with E-state index in [-0.39, 0.29) is 0 Å². The lowest BCUT2D eigenvalue weighted by Gasteiger charge is -2.38. The molecule has 2 aliphatic rings. The van der Waals surface area contributed by atoms with Gasteiger partial charge >= 0.3 is 0 Å². The maximum atomic E-state index is 12.7. The average molecular weight is 286 g/mol. The molecule has 0 radical (unpaired) electrons. The van der Waals surface area contributed by atoms with Crippen LogP contribution in [0.4, 0.5) is 0 Å². The molecule has 1 atom stereocenters. The van der Waals surface area contributed by atoms with Gasteiger partial charge in [0.05, 0.1) is 6.42 Å². The van der Waals surface area contributed by atoms with Gasteiger partial charge in [0, 0.05) is 19.1 Å². The second kappa shape index (κ2) is 7.08. The molecule has 0 N–H and O–H groups in total. The summed E-state index contributed by atoms with van der Waals surface area (Å²) in [6.45, 7) is 4.47. The van der Waals surface area contributed by atoms with E-state index in [1.165, 1.54) is 38.8 Å². The van der Waals surface area contributed by atoms with Crippen LogP contribution in [0.25, 0.3) is 0 Å². The summed E-state index contributed by atoms with van der Waals surface area (Å²) >= 11 is 0. The Bertz CT molecular complexity index is 454. The summed E-state index contributed by atoms with van der Waals surface area (Å²) in [6, 6.07) is 10.6. The molecule has 114 valence electrons. The van der Waals surface area contributed by atoms with Crippen molar-refractivity contribution >= 4 is 5.91 Å². The Hall–Kier alpha value is -1.35. The number of hydrogen-bond acceptors (Lipinski definition) is 2. The van der Waals surface area contributed by atoms with Gasteiger partial charge in [-0.1, -0.05) is 30.3 Å². The molecule has 1 amide bonds. The first-order valence-electron chi connectivity index (χ1n) is 8.39. The number of benzene rings is 1. The zero-order valence-electron chi connectivity index (χ0n) is 12.8. The van der Waals surface area contributed by atoms with Crippen molar-refractivity contribution < 1.29 is 4.79 Å². The van der Waals surface area contributed by atoms with Crippen molar-refractivity contribution in [2.75, 3.05) is 26.2 Å². The molecule has 2 fully saturated rings. The van der Waals surface area contributed by atoms with Gasteiger partial charge in [0.2, 0.25) is 5.91 Å². The van der Waals surface area contributed by atoms with Crippen LogP contribution in [0.1, 0.15) is 37.7 Å². The number of likely N-dealkylation sites (tertiary alicyclic amines) is 2. The van der Waals surface area contributed by atoms with Crippen LogP contribution in [-0.4, -0.2) is 47.9 Å². The van der Waals surface area contributed by atoms with Gasteiger partial charge in [-0.2, -0.15) is 0 Å². The topological polar surface area (TPSA) is 23.6 Å². The van der Waals surface area contributed by atoms with Gasteiger partial charge in [-0.05, 0) is 50.8 Å². The quantitative estimate of drug-likeness (QED) is 0.849. The number of nitrogens with zero attached hydrogens (tertiary/aromatic N) is 2. The van der Waals surface area contributed by atoms with Crippen LogP contribution in [0.5, 0.6) is 0 Å². The van der Waals surface area contributed by atoms with E-state index < -0.39 is 0 Å². The second-order valence-corrected chi connectivity index (χ2v) is 6.41. The molecule has 0 saturated carbocycles. The average Bonchev–Trinajstić information content (AvgIpc) is 3.02. The van der Waals surface area contributed by atoms with Gasteiger partial charge in [-0.15, -0.1) is 0 Å². The molecule has 0 bridgehead atoms. The molecular formula is C18H26N2O. The van der Waals surface area contributed by atoms with Crippen molar-refractivity contribution in [1.29, 1.82) is 0 Å². The molecule has 2 saturated heterocycles. The highest BCUT2D eigenvalue weighted by Gasteiger charge is 2.28. The highest BCUT2D eigenvalue weighted by atomic mass is 16.2. The molecule has 0 unspecified atom stereocenters. The van der Waals surface area contributed by atoms with Crippen LogP contribution in [0.2, 0.25) is 0 Å². The smallest absolute Gasteiger partial charge is 0.227 e. The van der Waals surface area contributed by atoms with Crippen molar-refractivity contribution in [1.82, 2.24) is 9.80 Å². The maximum absolute atomic E-state index is 12.7. The summed E-state index contributed by atoms with van der Waals surface area (Å²) < 4.78 is 0. The number of hydrogen-bond donors (Lipinski definition) is 0. The lowest BCUT2D eigenvalue weighted by atomic mass is 10.00. The minimum atomic E-state index is 0.310. The van der Waals surface area contributed by atoms with Crippen LogP contribution in [0.3, 0.4) is 0 Å². The third kappa shape index (κ3) is 3.85. The Balaban J connectivity index is 1.61. The van der Waals surface area contributed by atoms with Crippen LogP contribution in [-0.2, 0) is 11.2 Å². The Morgan fingerprint density at radius 3 is 2.48 bits per heavy atom. The van der Waals surface area contributed by atoms with E-state index in [4.69, 9.17) is 0 Å². The second-order valence-electron chi connectivity index (χ2n) is 6.41. The normalized spacial score (nSPS) is 23.4. The molecule has 21 heavy (non-hydrogen) atoms. The molecule has 1 aromatic carbocycles. The number of amides is 1. The fourth-order valence-electron chi connectivity index (χ4n) is 3.65. The SMILES string of the molecule is O=C(Cc1ccccc1)N1CCCC[C@H]1CN1CCCC1. The summed E-state index contributed by atoms with van der Waals surface area (Å²) in [6.07, 6.45) is 6.81. The molecule has 3 heteroatoms. The minimum absolute atomic E-state index is 0.310. The minimum Gasteiger partial charge on any atom is -0.338 e.